The Bertz CT molecular complexity index is 825. The topological polar surface area (TPSA) is 81.2 Å². The van der Waals surface area contributed by atoms with E-state index in [9.17, 15) is 9.59 Å². The van der Waals surface area contributed by atoms with Gasteiger partial charge in [0.25, 0.3) is 5.91 Å². The van der Waals surface area contributed by atoms with Crippen LogP contribution in [0.25, 0.3) is 11.1 Å². The number of amides is 2. The minimum absolute atomic E-state index is 0.0387. The van der Waals surface area contributed by atoms with Crippen molar-refractivity contribution in [2.24, 2.45) is 17.6 Å². The predicted molar refractivity (Wildman–Crippen MR) is 98.2 cm³/mol. The highest BCUT2D eigenvalue weighted by Crippen LogP contribution is 2.31. The summed E-state index contributed by atoms with van der Waals surface area (Å²) in [7, 11) is 0. The van der Waals surface area contributed by atoms with Crippen molar-refractivity contribution in [3.63, 3.8) is 0 Å². The minimum Gasteiger partial charge on any atom is -0.369 e. The summed E-state index contributed by atoms with van der Waals surface area (Å²) in [6.07, 6.45) is 8.07. The number of carbonyl (C=O) groups excluding carboxylic acids is 2. The first-order chi connectivity index (χ1) is 12.6. The normalized spacial score (nSPS) is 20.2. The Morgan fingerprint density at radius 1 is 1.19 bits per heavy atom. The molecule has 1 saturated carbocycles. The Hall–Kier alpha value is -2.63. The van der Waals surface area contributed by atoms with E-state index < -0.39 is 0 Å². The SMILES string of the molecule is NC(=O)[C@H]1CCCN(C(=O)c2cccc(-c3cnn(CC4CC4)c3)c2)C1. The zero-order valence-electron chi connectivity index (χ0n) is 14.8. The van der Waals surface area contributed by atoms with Gasteiger partial charge in [-0.3, -0.25) is 14.3 Å². The average Bonchev–Trinajstić information content (AvgIpc) is 3.36. The van der Waals surface area contributed by atoms with E-state index in [1.165, 1.54) is 12.8 Å². The maximum Gasteiger partial charge on any atom is 0.253 e. The van der Waals surface area contributed by atoms with Crippen LogP contribution in [0.1, 0.15) is 36.0 Å². The number of piperidine rings is 1. The van der Waals surface area contributed by atoms with E-state index in [0.717, 1.165) is 36.4 Å². The zero-order valence-corrected chi connectivity index (χ0v) is 14.8. The van der Waals surface area contributed by atoms with Crippen LogP contribution in [-0.4, -0.2) is 39.6 Å². The lowest BCUT2D eigenvalue weighted by molar-refractivity contribution is -0.123. The molecule has 1 saturated heterocycles. The zero-order chi connectivity index (χ0) is 18.1. The van der Waals surface area contributed by atoms with Gasteiger partial charge in [0.15, 0.2) is 0 Å². The van der Waals surface area contributed by atoms with Gasteiger partial charge in [0.1, 0.15) is 0 Å². The molecule has 1 aliphatic heterocycles. The van der Waals surface area contributed by atoms with Gasteiger partial charge in [-0.15, -0.1) is 0 Å². The maximum absolute atomic E-state index is 12.9. The molecule has 0 bridgehead atoms. The van der Waals surface area contributed by atoms with Crippen LogP contribution in [-0.2, 0) is 11.3 Å². The lowest BCUT2D eigenvalue weighted by Gasteiger charge is -2.31. The van der Waals surface area contributed by atoms with Gasteiger partial charge in [-0.05, 0) is 49.3 Å². The van der Waals surface area contributed by atoms with Crippen molar-refractivity contribution in [3.8, 4) is 11.1 Å². The summed E-state index contributed by atoms with van der Waals surface area (Å²) in [6, 6.07) is 7.64. The molecule has 1 atom stereocenters. The fourth-order valence-corrected chi connectivity index (χ4v) is 3.59. The largest absolute Gasteiger partial charge is 0.369 e. The van der Waals surface area contributed by atoms with Crippen LogP contribution in [0.4, 0.5) is 0 Å². The Labute approximate surface area is 153 Å². The van der Waals surface area contributed by atoms with Crippen molar-refractivity contribution in [2.45, 2.75) is 32.2 Å². The standard InChI is InChI=1S/C20H24N4O2/c21-19(25)17-5-2-8-23(12-17)20(26)16-4-1-3-15(9-16)18-10-22-24(13-18)11-14-6-7-14/h1,3-4,9-10,13-14,17H,2,5-8,11-12H2,(H2,21,25)/t17-/m0/s1. The molecule has 2 heterocycles. The van der Waals surface area contributed by atoms with Gasteiger partial charge in [0, 0.05) is 37.0 Å². The van der Waals surface area contributed by atoms with E-state index in [0.29, 0.717) is 18.7 Å². The first-order valence-electron chi connectivity index (χ1n) is 9.31. The number of rotatable bonds is 5. The van der Waals surface area contributed by atoms with Crippen molar-refractivity contribution in [2.75, 3.05) is 13.1 Å². The summed E-state index contributed by atoms with van der Waals surface area (Å²) in [5, 5.41) is 4.44. The first-order valence-corrected chi connectivity index (χ1v) is 9.31. The molecule has 2 amide bonds. The van der Waals surface area contributed by atoms with Gasteiger partial charge in [-0.25, -0.2) is 0 Å². The highest BCUT2D eigenvalue weighted by atomic mass is 16.2. The smallest absolute Gasteiger partial charge is 0.253 e. The number of hydrogen-bond acceptors (Lipinski definition) is 3. The van der Waals surface area contributed by atoms with E-state index >= 15 is 0 Å². The quantitative estimate of drug-likeness (QED) is 0.896. The molecular formula is C20H24N4O2. The van der Waals surface area contributed by atoms with Crippen LogP contribution in [0.2, 0.25) is 0 Å². The van der Waals surface area contributed by atoms with Crippen LogP contribution in [0.5, 0.6) is 0 Å². The molecule has 26 heavy (non-hydrogen) atoms. The highest BCUT2D eigenvalue weighted by molar-refractivity contribution is 5.96. The number of nitrogens with zero attached hydrogens (tertiary/aromatic N) is 3. The van der Waals surface area contributed by atoms with Gasteiger partial charge >= 0.3 is 0 Å². The fraction of sp³-hybridized carbons (Fsp3) is 0.450. The van der Waals surface area contributed by atoms with Crippen molar-refractivity contribution in [1.29, 1.82) is 0 Å². The molecule has 1 aromatic carbocycles. The second-order valence-corrected chi connectivity index (χ2v) is 7.47. The summed E-state index contributed by atoms with van der Waals surface area (Å²) >= 11 is 0. The molecule has 1 aromatic heterocycles. The molecule has 6 nitrogen and oxygen atoms in total. The van der Waals surface area contributed by atoms with E-state index in [1.54, 1.807) is 4.90 Å². The van der Waals surface area contributed by atoms with Gasteiger partial charge in [-0.1, -0.05) is 12.1 Å². The molecular weight excluding hydrogens is 328 g/mol. The lowest BCUT2D eigenvalue weighted by atomic mass is 9.96. The molecule has 2 aliphatic rings. The first kappa shape index (κ1) is 16.8. The second-order valence-electron chi connectivity index (χ2n) is 7.47. The molecule has 0 radical (unpaired) electrons. The number of benzene rings is 1. The van der Waals surface area contributed by atoms with Gasteiger partial charge in [-0.2, -0.15) is 5.10 Å². The number of primary amides is 1. The van der Waals surface area contributed by atoms with E-state index in [2.05, 4.69) is 5.10 Å². The Kier molecular flexibility index (Phi) is 4.49. The van der Waals surface area contributed by atoms with E-state index in [-0.39, 0.29) is 17.7 Å². The van der Waals surface area contributed by atoms with Gasteiger partial charge < -0.3 is 10.6 Å². The Morgan fingerprint density at radius 3 is 2.81 bits per heavy atom. The third-order valence-electron chi connectivity index (χ3n) is 5.33. The number of nitrogens with two attached hydrogens (primary N) is 1. The summed E-state index contributed by atoms with van der Waals surface area (Å²) in [5.74, 6) is 0.173. The fourth-order valence-electron chi connectivity index (χ4n) is 3.59. The average molecular weight is 352 g/mol. The maximum atomic E-state index is 12.9. The number of hydrogen-bond donors (Lipinski definition) is 1. The lowest BCUT2D eigenvalue weighted by Crippen LogP contribution is -2.44. The molecule has 2 N–H and O–H groups in total. The van der Waals surface area contributed by atoms with Crippen LogP contribution in [0.3, 0.4) is 0 Å². The summed E-state index contributed by atoms with van der Waals surface area (Å²) in [5.41, 5.74) is 8.07. The molecule has 0 unspecified atom stereocenters. The molecule has 1 aliphatic carbocycles. The number of likely N-dealkylation sites (tertiary alicyclic amines) is 1. The van der Waals surface area contributed by atoms with Gasteiger partial charge in [0.05, 0.1) is 12.1 Å². The van der Waals surface area contributed by atoms with Crippen molar-refractivity contribution < 1.29 is 9.59 Å². The van der Waals surface area contributed by atoms with Gasteiger partial charge in [0.2, 0.25) is 5.91 Å². The third kappa shape index (κ3) is 3.64. The third-order valence-corrected chi connectivity index (χ3v) is 5.33. The molecule has 2 aromatic rings. The molecule has 4 rings (SSSR count). The summed E-state index contributed by atoms with van der Waals surface area (Å²) in [4.78, 5) is 26.1. The van der Waals surface area contributed by atoms with E-state index in [4.69, 9.17) is 5.73 Å². The molecule has 2 fully saturated rings. The van der Waals surface area contributed by atoms with Crippen molar-refractivity contribution >= 4 is 11.8 Å². The van der Waals surface area contributed by atoms with Crippen molar-refractivity contribution in [3.05, 3.63) is 42.2 Å². The van der Waals surface area contributed by atoms with E-state index in [1.807, 2.05) is 41.3 Å². The van der Waals surface area contributed by atoms with Crippen LogP contribution in [0, 0.1) is 11.8 Å². The second kappa shape index (κ2) is 6.94. The van der Waals surface area contributed by atoms with Crippen LogP contribution >= 0.6 is 0 Å². The van der Waals surface area contributed by atoms with Crippen LogP contribution < -0.4 is 5.73 Å². The molecule has 136 valence electrons. The number of aromatic nitrogens is 2. The monoisotopic (exact) mass is 352 g/mol. The summed E-state index contributed by atoms with van der Waals surface area (Å²) < 4.78 is 1.99. The van der Waals surface area contributed by atoms with Crippen LogP contribution in [0.15, 0.2) is 36.7 Å². The highest BCUT2D eigenvalue weighted by Gasteiger charge is 2.27. The number of carbonyl (C=O) groups is 2. The molecule has 0 spiro atoms. The Balaban J connectivity index is 1.50. The predicted octanol–water partition coefficient (Wildman–Crippen LogP) is 2.30. The summed E-state index contributed by atoms with van der Waals surface area (Å²) in [6.45, 7) is 2.06. The minimum atomic E-state index is -0.320. The Morgan fingerprint density at radius 2 is 2.04 bits per heavy atom. The molecule has 6 heteroatoms. The van der Waals surface area contributed by atoms with Crippen molar-refractivity contribution in [1.82, 2.24) is 14.7 Å².